The van der Waals surface area contributed by atoms with Gasteiger partial charge in [0.15, 0.2) is 11.5 Å². The van der Waals surface area contributed by atoms with Crippen LogP contribution in [0, 0.1) is 23.3 Å². The summed E-state index contributed by atoms with van der Waals surface area (Å²) in [4.78, 5) is 0. The highest BCUT2D eigenvalue weighted by Gasteiger charge is 2.27. The lowest BCUT2D eigenvalue weighted by atomic mass is 9.75. The molecule has 2 atom stereocenters. The summed E-state index contributed by atoms with van der Waals surface area (Å²) in [6.07, 6.45) is 4.72. The molecule has 0 saturated heterocycles. The molecule has 1 aliphatic heterocycles. The average molecular weight is 457 g/mol. The molecule has 1 heterocycles. The maximum absolute atomic E-state index is 5.76. The Kier molecular flexibility index (Phi) is 4.63. The topological polar surface area (TPSA) is 18.5 Å². The van der Waals surface area contributed by atoms with Crippen molar-refractivity contribution in [3.05, 3.63) is 128 Å². The molecule has 0 N–H and O–H groups in total. The van der Waals surface area contributed by atoms with E-state index in [1.54, 1.807) is 0 Å². The van der Waals surface area contributed by atoms with Crippen molar-refractivity contribution in [1.82, 2.24) is 0 Å². The minimum absolute atomic E-state index is 0.178. The van der Waals surface area contributed by atoms with Crippen LogP contribution in [-0.4, -0.2) is 6.79 Å². The van der Waals surface area contributed by atoms with Gasteiger partial charge >= 0.3 is 0 Å². The first-order valence-electron chi connectivity index (χ1n) is 12.6. The van der Waals surface area contributed by atoms with Crippen LogP contribution in [0.5, 0.6) is 11.5 Å². The molecule has 2 nitrogen and oxygen atoms in total. The number of hydrogen-bond donors (Lipinski definition) is 0. The molecular weight excluding hydrogens is 428 g/mol. The summed E-state index contributed by atoms with van der Waals surface area (Å²) >= 11 is 0. The summed E-state index contributed by atoms with van der Waals surface area (Å²) in [7, 11) is 0. The maximum atomic E-state index is 5.76. The second-order valence-electron chi connectivity index (χ2n) is 10.1. The van der Waals surface area contributed by atoms with E-state index in [1.165, 1.54) is 60.7 Å². The lowest BCUT2D eigenvalue weighted by molar-refractivity contribution is 0.174. The van der Waals surface area contributed by atoms with Crippen molar-refractivity contribution in [3.8, 4) is 11.5 Å². The maximum Gasteiger partial charge on any atom is 0.231 e. The van der Waals surface area contributed by atoms with Gasteiger partial charge in [0.25, 0.3) is 0 Å². The summed E-state index contributed by atoms with van der Waals surface area (Å²) in [6.45, 7) is 4.84. The van der Waals surface area contributed by atoms with Gasteiger partial charge in [0.2, 0.25) is 6.79 Å². The fourth-order valence-electron chi connectivity index (χ4n) is 6.24. The van der Waals surface area contributed by atoms with E-state index in [0.29, 0.717) is 12.7 Å². The van der Waals surface area contributed by atoms with Gasteiger partial charge in [-0.05, 0) is 86.5 Å². The molecule has 7 rings (SSSR count). The van der Waals surface area contributed by atoms with Gasteiger partial charge in [0.05, 0.1) is 0 Å². The van der Waals surface area contributed by atoms with E-state index in [1.807, 2.05) is 0 Å². The third-order valence-electron chi connectivity index (χ3n) is 7.99. The Morgan fingerprint density at radius 1 is 0.771 bits per heavy atom. The van der Waals surface area contributed by atoms with Crippen molar-refractivity contribution in [3.63, 3.8) is 0 Å². The average Bonchev–Trinajstić information content (AvgIpc) is 3.36. The first-order valence-corrected chi connectivity index (χ1v) is 12.6. The molecule has 0 saturated carbocycles. The molecule has 0 spiro atoms. The predicted molar refractivity (Wildman–Crippen MR) is 140 cm³/mol. The summed E-state index contributed by atoms with van der Waals surface area (Å²) < 4.78 is 11.4. The van der Waals surface area contributed by atoms with Gasteiger partial charge in [-0.2, -0.15) is 0 Å². The Hall–Kier alpha value is -3.78. The molecule has 35 heavy (non-hydrogen) atoms. The Morgan fingerprint density at radius 2 is 1.57 bits per heavy atom. The zero-order valence-electron chi connectivity index (χ0n) is 20.2. The van der Waals surface area contributed by atoms with Crippen molar-refractivity contribution in [1.29, 1.82) is 0 Å². The highest BCUT2D eigenvalue weighted by Crippen LogP contribution is 2.40. The van der Waals surface area contributed by atoms with Crippen molar-refractivity contribution in [2.45, 2.75) is 32.6 Å². The van der Waals surface area contributed by atoms with Crippen LogP contribution in [-0.2, 0) is 6.42 Å². The van der Waals surface area contributed by atoms with Crippen molar-refractivity contribution < 1.29 is 9.47 Å². The molecule has 2 unspecified atom stereocenters. The summed E-state index contributed by atoms with van der Waals surface area (Å²) in [6, 6.07) is 29.1. The Bertz CT molecular complexity index is 1700. The first kappa shape index (κ1) is 20.6. The Labute approximate surface area is 205 Å². The second-order valence-corrected chi connectivity index (χ2v) is 10.1. The predicted octanol–water partition coefficient (Wildman–Crippen LogP) is 5.72. The molecule has 0 fully saturated rings. The zero-order chi connectivity index (χ0) is 23.5. The van der Waals surface area contributed by atoms with Crippen LogP contribution in [0.15, 0.2) is 78.9 Å². The molecular formula is C33H28O2. The molecule has 3 aliphatic rings. The van der Waals surface area contributed by atoms with Gasteiger partial charge < -0.3 is 9.47 Å². The van der Waals surface area contributed by atoms with Crippen molar-refractivity contribution in [2.24, 2.45) is 5.92 Å². The molecule has 4 aromatic carbocycles. The number of fused-ring (bicyclic) bond motifs is 5. The smallest absolute Gasteiger partial charge is 0.231 e. The number of rotatable bonds is 2. The highest BCUT2D eigenvalue weighted by atomic mass is 16.7. The number of hydrogen-bond acceptors (Lipinski definition) is 2. The lowest BCUT2D eigenvalue weighted by Gasteiger charge is -2.29. The van der Waals surface area contributed by atoms with Gasteiger partial charge in [-0.3, -0.25) is 0 Å². The van der Waals surface area contributed by atoms with Gasteiger partial charge in [-0.15, -0.1) is 0 Å². The number of aryl methyl sites for hydroxylation is 1. The molecule has 172 valence electrons. The molecule has 2 heteroatoms. The van der Waals surface area contributed by atoms with E-state index in [4.69, 9.17) is 9.47 Å². The molecule has 0 bridgehead atoms. The molecule has 4 aromatic rings. The van der Waals surface area contributed by atoms with Crippen LogP contribution in [0.4, 0.5) is 0 Å². The minimum atomic E-state index is 0.178. The molecule has 0 aromatic heterocycles. The van der Waals surface area contributed by atoms with Crippen LogP contribution in [0.2, 0.25) is 0 Å². The second kappa shape index (κ2) is 7.88. The van der Waals surface area contributed by atoms with Crippen molar-refractivity contribution >= 4 is 11.6 Å². The lowest BCUT2D eigenvalue weighted by Crippen LogP contribution is -2.28. The Morgan fingerprint density at radius 3 is 2.46 bits per heavy atom. The summed E-state index contributed by atoms with van der Waals surface area (Å²) in [5, 5.41) is 5.42. The van der Waals surface area contributed by atoms with E-state index in [0.717, 1.165) is 17.9 Å². The zero-order valence-corrected chi connectivity index (χ0v) is 20.2. The van der Waals surface area contributed by atoms with E-state index in [2.05, 4.69) is 98.8 Å². The third kappa shape index (κ3) is 3.24. The van der Waals surface area contributed by atoms with Gasteiger partial charge in [-0.25, -0.2) is 0 Å². The van der Waals surface area contributed by atoms with Crippen LogP contribution < -0.4 is 19.9 Å². The van der Waals surface area contributed by atoms with E-state index in [-0.39, 0.29) is 5.92 Å². The van der Waals surface area contributed by atoms with Crippen LogP contribution in [0.25, 0.3) is 11.6 Å². The fourth-order valence-corrected chi connectivity index (χ4v) is 6.24. The normalized spacial score (nSPS) is 19.4. The van der Waals surface area contributed by atoms with Gasteiger partial charge in [0, 0.05) is 5.92 Å². The largest absolute Gasteiger partial charge is 0.454 e. The monoisotopic (exact) mass is 456 g/mol. The highest BCUT2D eigenvalue weighted by molar-refractivity contribution is 5.71. The van der Waals surface area contributed by atoms with Crippen LogP contribution in [0.1, 0.15) is 47.1 Å². The molecule has 2 aliphatic carbocycles. The van der Waals surface area contributed by atoms with Crippen LogP contribution in [0.3, 0.4) is 0 Å². The van der Waals surface area contributed by atoms with Crippen molar-refractivity contribution in [2.75, 3.05) is 6.79 Å². The SMILES string of the molecule is Cc1ccc(C2=c3ccc4c(c3CCC2C)C(c2ccc3c(c2)OCO3)C=c2ccccc2=4)cc1. The minimum Gasteiger partial charge on any atom is -0.454 e. The fraction of sp³-hybridized carbons (Fsp3) is 0.212. The van der Waals surface area contributed by atoms with E-state index < -0.39 is 0 Å². The number of ether oxygens (including phenoxy) is 2. The quantitative estimate of drug-likeness (QED) is 0.384. The van der Waals surface area contributed by atoms with Gasteiger partial charge in [-0.1, -0.05) is 85.3 Å². The molecule has 0 radical (unpaired) electrons. The standard InChI is InChI=1S/C33H28O2/c1-20-7-10-22(11-8-20)32-21(2)9-13-28-27(32)15-14-26-25-6-4-3-5-23(25)17-29(33(26)28)24-12-16-30-31(18-24)35-19-34-30/h3-8,10-12,14-18,21,29H,9,13,19H2,1-2H3. The van der Waals surface area contributed by atoms with E-state index in [9.17, 15) is 0 Å². The Balaban J connectivity index is 1.57. The van der Waals surface area contributed by atoms with Crippen LogP contribution >= 0.6 is 0 Å². The number of benzene rings is 4. The molecule has 0 amide bonds. The van der Waals surface area contributed by atoms with E-state index >= 15 is 0 Å². The van der Waals surface area contributed by atoms with Gasteiger partial charge in [0.1, 0.15) is 0 Å². The third-order valence-corrected chi connectivity index (χ3v) is 7.99. The summed E-state index contributed by atoms with van der Waals surface area (Å²) in [5.41, 5.74) is 8.36. The summed E-state index contributed by atoms with van der Waals surface area (Å²) in [5.74, 6) is 2.40. The first-order chi connectivity index (χ1) is 17.2.